The van der Waals surface area contributed by atoms with Gasteiger partial charge in [0.2, 0.25) is 0 Å². The number of benzene rings is 1. The fourth-order valence-electron chi connectivity index (χ4n) is 4.08. The summed E-state index contributed by atoms with van der Waals surface area (Å²) in [5, 5.41) is 12.0. The molecule has 1 N–H and O–H groups in total. The molecule has 1 amide bonds. The van der Waals surface area contributed by atoms with E-state index in [4.69, 9.17) is 0 Å². The average molecular weight is 413 g/mol. The van der Waals surface area contributed by atoms with Gasteiger partial charge in [-0.3, -0.25) is 19.4 Å². The van der Waals surface area contributed by atoms with Gasteiger partial charge in [-0.15, -0.1) is 0 Å². The van der Waals surface area contributed by atoms with E-state index >= 15 is 0 Å². The first-order chi connectivity index (χ1) is 15.3. The summed E-state index contributed by atoms with van der Waals surface area (Å²) in [5.74, 6) is -0.0403. The number of carbonyl (C=O) groups is 1. The van der Waals surface area contributed by atoms with Crippen LogP contribution in [0.3, 0.4) is 0 Å². The van der Waals surface area contributed by atoms with Crippen LogP contribution in [0.5, 0.6) is 0 Å². The Kier molecular flexibility index (Phi) is 5.26. The number of aromatic nitrogens is 6. The molecule has 0 saturated heterocycles. The Morgan fingerprint density at radius 2 is 1.90 bits per heavy atom. The molecule has 0 spiro atoms. The van der Waals surface area contributed by atoms with Gasteiger partial charge >= 0.3 is 0 Å². The lowest BCUT2D eigenvalue weighted by Gasteiger charge is -2.29. The van der Waals surface area contributed by atoms with Crippen molar-refractivity contribution in [1.82, 2.24) is 34.8 Å². The molecule has 1 saturated carbocycles. The predicted molar refractivity (Wildman–Crippen MR) is 116 cm³/mol. The van der Waals surface area contributed by atoms with Crippen molar-refractivity contribution in [1.29, 1.82) is 0 Å². The monoisotopic (exact) mass is 413 g/mol. The Balaban J connectivity index is 1.18. The first-order valence-corrected chi connectivity index (χ1v) is 10.5. The van der Waals surface area contributed by atoms with Gasteiger partial charge in [0.05, 0.1) is 29.8 Å². The van der Waals surface area contributed by atoms with Crippen LogP contribution in [-0.4, -0.2) is 41.5 Å². The van der Waals surface area contributed by atoms with Gasteiger partial charge in [-0.05, 0) is 49.9 Å². The Morgan fingerprint density at radius 1 is 1.00 bits per heavy atom. The highest BCUT2D eigenvalue weighted by atomic mass is 16.1. The summed E-state index contributed by atoms with van der Waals surface area (Å²) >= 11 is 0. The van der Waals surface area contributed by atoms with Crippen molar-refractivity contribution in [2.24, 2.45) is 0 Å². The molecule has 5 rings (SSSR count). The molecule has 1 aromatic carbocycles. The third-order valence-corrected chi connectivity index (χ3v) is 5.74. The Bertz CT molecular complexity index is 1150. The molecule has 31 heavy (non-hydrogen) atoms. The number of nitrogens with one attached hydrogen (secondary N) is 1. The minimum atomic E-state index is -0.0403. The van der Waals surface area contributed by atoms with Crippen LogP contribution in [0.25, 0.3) is 16.9 Å². The van der Waals surface area contributed by atoms with Gasteiger partial charge in [0.1, 0.15) is 0 Å². The topological polar surface area (TPSA) is 90.5 Å². The van der Waals surface area contributed by atoms with Gasteiger partial charge in [0, 0.05) is 48.2 Å². The molecule has 0 unspecified atom stereocenters. The molecule has 1 fully saturated rings. The van der Waals surface area contributed by atoms with Crippen molar-refractivity contribution in [3.8, 4) is 16.9 Å². The highest BCUT2D eigenvalue weighted by Crippen LogP contribution is 2.29. The molecular weight excluding hydrogens is 390 g/mol. The molecule has 0 atom stereocenters. The molecule has 8 nitrogen and oxygen atoms in total. The van der Waals surface area contributed by atoms with E-state index in [0.717, 1.165) is 42.6 Å². The summed E-state index contributed by atoms with van der Waals surface area (Å²) in [6.07, 6.45) is 16.4. The molecule has 3 aromatic heterocycles. The van der Waals surface area contributed by atoms with Gasteiger partial charge in [-0.2, -0.15) is 10.2 Å². The van der Waals surface area contributed by atoms with Crippen LogP contribution in [0.1, 0.15) is 42.1 Å². The van der Waals surface area contributed by atoms with Crippen molar-refractivity contribution < 1.29 is 4.79 Å². The van der Waals surface area contributed by atoms with Crippen LogP contribution in [-0.2, 0) is 0 Å². The van der Waals surface area contributed by atoms with Crippen LogP contribution < -0.4 is 5.32 Å². The van der Waals surface area contributed by atoms with Gasteiger partial charge in [-0.1, -0.05) is 6.07 Å². The summed E-state index contributed by atoms with van der Waals surface area (Å²) in [6.45, 7) is 0. The minimum Gasteiger partial charge on any atom is -0.349 e. The molecule has 0 aliphatic heterocycles. The second kappa shape index (κ2) is 8.51. The van der Waals surface area contributed by atoms with Crippen LogP contribution in [0.4, 0.5) is 0 Å². The van der Waals surface area contributed by atoms with Crippen LogP contribution in [0, 0.1) is 0 Å². The van der Waals surface area contributed by atoms with Crippen LogP contribution >= 0.6 is 0 Å². The molecule has 1 aliphatic rings. The lowest BCUT2D eigenvalue weighted by molar-refractivity contribution is 0.0921. The van der Waals surface area contributed by atoms with E-state index in [0.29, 0.717) is 11.6 Å². The lowest BCUT2D eigenvalue weighted by atomic mass is 9.91. The smallest absolute Gasteiger partial charge is 0.251 e. The zero-order valence-electron chi connectivity index (χ0n) is 17.0. The first kappa shape index (κ1) is 19.2. The summed E-state index contributed by atoms with van der Waals surface area (Å²) in [5.41, 5.74) is 3.32. The number of hydrogen-bond acceptors (Lipinski definition) is 5. The van der Waals surface area contributed by atoms with E-state index < -0.39 is 0 Å². The maximum Gasteiger partial charge on any atom is 0.251 e. The summed E-state index contributed by atoms with van der Waals surface area (Å²) < 4.78 is 3.77. The molecule has 0 bridgehead atoms. The van der Waals surface area contributed by atoms with Crippen molar-refractivity contribution >= 4 is 5.91 Å². The van der Waals surface area contributed by atoms with E-state index in [9.17, 15) is 4.79 Å². The molecule has 3 heterocycles. The van der Waals surface area contributed by atoms with Crippen molar-refractivity contribution in [3.63, 3.8) is 0 Å². The predicted octanol–water partition coefficient (Wildman–Crippen LogP) is 3.44. The third-order valence-electron chi connectivity index (χ3n) is 5.74. The number of carbonyl (C=O) groups excluding carboxylic acids is 1. The first-order valence-electron chi connectivity index (χ1n) is 10.5. The maximum atomic E-state index is 12.8. The Labute approximate surface area is 180 Å². The number of nitrogens with zero attached hydrogens (tertiary/aromatic N) is 6. The highest BCUT2D eigenvalue weighted by Gasteiger charge is 2.24. The van der Waals surface area contributed by atoms with E-state index in [1.807, 2.05) is 53.6 Å². The maximum absolute atomic E-state index is 12.8. The third kappa shape index (κ3) is 4.23. The van der Waals surface area contributed by atoms with Crippen molar-refractivity contribution in [2.75, 3.05) is 0 Å². The molecule has 0 radical (unpaired) electrons. The van der Waals surface area contributed by atoms with E-state index in [-0.39, 0.29) is 11.9 Å². The van der Waals surface area contributed by atoms with Crippen LogP contribution in [0.2, 0.25) is 0 Å². The minimum absolute atomic E-state index is 0.0403. The van der Waals surface area contributed by atoms with E-state index in [1.165, 1.54) is 0 Å². The summed E-state index contributed by atoms with van der Waals surface area (Å²) in [7, 11) is 0. The zero-order valence-corrected chi connectivity index (χ0v) is 17.0. The van der Waals surface area contributed by atoms with Crippen molar-refractivity contribution in [2.45, 2.75) is 37.8 Å². The van der Waals surface area contributed by atoms with Gasteiger partial charge in [-0.25, -0.2) is 4.68 Å². The standard InChI is InChI=1S/C23H23N7O/c31-23(17-3-1-4-21(13-17)29-12-2-9-26-29)28-19-5-7-20(8-6-19)30-16-18(14-27-30)22-15-24-10-11-25-22/h1-4,9-16,19-20H,5-8H2,(H,28,31). The summed E-state index contributed by atoms with van der Waals surface area (Å²) in [6, 6.07) is 9.90. The van der Waals surface area contributed by atoms with Gasteiger partial charge in [0.25, 0.3) is 5.91 Å². The second-order valence-electron chi connectivity index (χ2n) is 7.78. The SMILES string of the molecule is O=C(NC1CCC(n2cc(-c3cnccn3)cn2)CC1)c1cccc(-n2cccn2)c1. The van der Waals surface area contributed by atoms with Gasteiger partial charge < -0.3 is 5.32 Å². The molecule has 156 valence electrons. The number of amides is 1. The molecule has 8 heteroatoms. The fraction of sp³-hybridized carbons (Fsp3) is 0.261. The van der Waals surface area contributed by atoms with Crippen molar-refractivity contribution in [3.05, 3.63) is 79.3 Å². The molecular formula is C23H23N7O. The normalized spacial score (nSPS) is 18.6. The average Bonchev–Trinajstić information content (AvgIpc) is 3.53. The highest BCUT2D eigenvalue weighted by molar-refractivity contribution is 5.94. The Morgan fingerprint density at radius 3 is 2.68 bits per heavy atom. The molecule has 4 aromatic rings. The lowest BCUT2D eigenvalue weighted by Crippen LogP contribution is -2.38. The quantitative estimate of drug-likeness (QED) is 0.541. The number of rotatable bonds is 5. The van der Waals surface area contributed by atoms with E-state index in [1.54, 1.807) is 29.5 Å². The summed E-state index contributed by atoms with van der Waals surface area (Å²) in [4.78, 5) is 21.2. The molecule has 1 aliphatic carbocycles. The second-order valence-corrected chi connectivity index (χ2v) is 7.78. The zero-order chi connectivity index (χ0) is 21.0. The van der Waals surface area contributed by atoms with E-state index in [2.05, 4.69) is 25.5 Å². The van der Waals surface area contributed by atoms with Crippen LogP contribution in [0.15, 0.2) is 73.7 Å². The Hall–Kier alpha value is -3.81. The number of hydrogen-bond donors (Lipinski definition) is 1. The van der Waals surface area contributed by atoms with Gasteiger partial charge in [0.15, 0.2) is 0 Å². The fourth-order valence-corrected chi connectivity index (χ4v) is 4.08. The largest absolute Gasteiger partial charge is 0.349 e.